The Morgan fingerprint density at radius 3 is 2.29 bits per heavy atom. The van der Waals surface area contributed by atoms with Gasteiger partial charge in [0.15, 0.2) is 11.6 Å². The molecule has 0 fully saturated rings. The summed E-state index contributed by atoms with van der Waals surface area (Å²) < 4.78 is 39.1. The van der Waals surface area contributed by atoms with Gasteiger partial charge in [0.05, 0.1) is 5.69 Å². The highest BCUT2D eigenvalue weighted by atomic mass is 19.2. The first-order valence-corrected chi connectivity index (χ1v) is 6.21. The maximum absolute atomic E-state index is 13.3. The zero-order chi connectivity index (χ0) is 16.2. The van der Waals surface area contributed by atoms with Gasteiger partial charge in [-0.1, -0.05) is 20.3 Å². The minimum atomic E-state index is -1.39. The molecule has 0 aromatic heterocycles. The van der Waals surface area contributed by atoms with Crippen LogP contribution >= 0.6 is 0 Å². The van der Waals surface area contributed by atoms with Crippen molar-refractivity contribution in [1.82, 2.24) is 5.32 Å². The number of carbonyl (C=O) groups excluding carboxylic acids is 1. The number of amides is 2. The summed E-state index contributed by atoms with van der Waals surface area (Å²) in [4.78, 5) is 22.7. The van der Waals surface area contributed by atoms with Gasteiger partial charge < -0.3 is 15.7 Å². The molecule has 116 valence electrons. The lowest BCUT2D eigenvalue weighted by molar-refractivity contribution is -0.140. The van der Waals surface area contributed by atoms with Crippen molar-refractivity contribution in [3.05, 3.63) is 29.6 Å². The van der Waals surface area contributed by atoms with E-state index < -0.39 is 41.2 Å². The van der Waals surface area contributed by atoms with E-state index in [1.807, 2.05) is 5.32 Å². The molecule has 0 radical (unpaired) electrons. The van der Waals surface area contributed by atoms with Gasteiger partial charge in [-0.3, -0.25) is 0 Å². The Hall–Kier alpha value is -2.25. The molecule has 8 heteroatoms. The summed E-state index contributed by atoms with van der Waals surface area (Å²) in [6, 6.07) is -1.44. The van der Waals surface area contributed by atoms with Gasteiger partial charge in [0.25, 0.3) is 0 Å². The van der Waals surface area contributed by atoms with Crippen LogP contribution in [0, 0.1) is 23.4 Å². The molecular formula is C13H15F3N2O3. The third-order valence-corrected chi connectivity index (χ3v) is 3.02. The molecule has 5 nitrogen and oxygen atoms in total. The highest BCUT2D eigenvalue weighted by Gasteiger charge is 2.25. The highest BCUT2D eigenvalue weighted by Crippen LogP contribution is 2.18. The normalized spacial score (nSPS) is 13.4. The van der Waals surface area contributed by atoms with Gasteiger partial charge in [0, 0.05) is 12.1 Å². The number of carboxylic acids is 1. The van der Waals surface area contributed by atoms with Crippen LogP contribution in [0.3, 0.4) is 0 Å². The topological polar surface area (TPSA) is 78.4 Å². The van der Waals surface area contributed by atoms with E-state index in [0.717, 1.165) is 0 Å². The van der Waals surface area contributed by atoms with Gasteiger partial charge >= 0.3 is 12.0 Å². The molecule has 1 aromatic carbocycles. The number of anilines is 1. The summed E-state index contributed by atoms with van der Waals surface area (Å²) in [5.74, 6) is -5.49. The van der Waals surface area contributed by atoms with Gasteiger partial charge in [-0.25, -0.2) is 22.8 Å². The van der Waals surface area contributed by atoms with Crippen LogP contribution in [0.5, 0.6) is 0 Å². The lowest BCUT2D eigenvalue weighted by atomic mass is 9.99. The zero-order valence-electron chi connectivity index (χ0n) is 11.4. The van der Waals surface area contributed by atoms with Crippen LogP contribution < -0.4 is 10.6 Å². The number of rotatable bonds is 5. The molecule has 21 heavy (non-hydrogen) atoms. The Morgan fingerprint density at radius 2 is 1.76 bits per heavy atom. The van der Waals surface area contributed by atoms with E-state index in [4.69, 9.17) is 5.11 Å². The molecule has 3 N–H and O–H groups in total. The number of carbonyl (C=O) groups is 2. The van der Waals surface area contributed by atoms with Gasteiger partial charge in [-0.15, -0.1) is 0 Å². The van der Waals surface area contributed by atoms with Crippen molar-refractivity contribution in [1.29, 1.82) is 0 Å². The number of nitrogens with one attached hydrogen (secondary N) is 2. The van der Waals surface area contributed by atoms with Crippen molar-refractivity contribution in [2.24, 2.45) is 5.92 Å². The maximum atomic E-state index is 13.3. The number of urea groups is 1. The van der Waals surface area contributed by atoms with E-state index in [-0.39, 0.29) is 12.0 Å². The largest absolute Gasteiger partial charge is 0.480 e. The van der Waals surface area contributed by atoms with Crippen molar-refractivity contribution in [3.63, 3.8) is 0 Å². The molecule has 0 bridgehead atoms. The van der Waals surface area contributed by atoms with E-state index in [0.29, 0.717) is 12.5 Å². The molecule has 0 saturated heterocycles. The van der Waals surface area contributed by atoms with Crippen LogP contribution in [0.2, 0.25) is 0 Å². The Morgan fingerprint density at radius 1 is 1.19 bits per heavy atom. The molecule has 1 unspecified atom stereocenters. The number of hydrogen-bond acceptors (Lipinski definition) is 2. The quantitative estimate of drug-likeness (QED) is 0.732. The molecule has 0 aliphatic rings. The van der Waals surface area contributed by atoms with E-state index in [1.165, 1.54) is 0 Å². The third kappa shape index (κ3) is 4.37. The smallest absolute Gasteiger partial charge is 0.326 e. The lowest BCUT2D eigenvalue weighted by Crippen LogP contribution is -2.46. The van der Waals surface area contributed by atoms with Crippen LogP contribution in [0.25, 0.3) is 0 Å². The number of benzene rings is 1. The second-order valence-electron chi connectivity index (χ2n) is 4.55. The van der Waals surface area contributed by atoms with E-state index in [1.54, 1.807) is 13.8 Å². The Labute approximate surface area is 119 Å². The molecule has 0 aliphatic heterocycles. The number of aliphatic carboxylic acids is 1. The van der Waals surface area contributed by atoms with E-state index in [9.17, 15) is 22.8 Å². The van der Waals surface area contributed by atoms with Crippen LogP contribution in [-0.4, -0.2) is 23.1 Å². The average Bonchev–Trinajstić information content (AvgIpc) is 2.41. The van der Waals surface area contributed by atoms with Crippen molar-refractivity contribution in [3.8, 4) is 0 Å². The SMILES string of the molecule is CCC(C)[C@H](NC(=O)Nc1cc(F)c(F)cc1F)C(=O)O. The van der Waals surface area contributed by atoms with Crippen LogP contribution in [0.1, 0.15) is 20.3 Å². The van der Waals surface area contributed by atoms with Crippen molar-refractivity contribution in [2.75, 3.05) is 5.32 Å². The molecule has 0 spiro atoms. The minimum absolute atomic E-state index is 0.286. The van der Waals surface area contributed by atoms with Gasteiger partial charge in [-0.05, 0) is 5.92 Å². The second kappa shape index (κ2) is 6.96. The first-order valence-electron chi connectivity index (χ1n) is 6.21. The first kappa shape index (κ1) is 16.8. The molecule has 2 amide bonds. The van der Waals surface area contributed by atoms with Crippen molar-refractivity contribution >= 4 is 17.7 Å². The zero-order valence-corrected chi connectivity index (χ0v) is 11.4. The van der Waals surface area contributed by atoms with Crippen molar-refractivity contribution < 1.29 is 27.9 Å². The molecule has 1 rings (SSSR count). The summed E-state index contributed by atoms with van der Waals surface area (Å²) in [6.45, 7) is 3.37. The van der Waals surface area contributed by atoms with E-state index in [2.05, 4.69) is 5.32 Å². The minimum Gasteiger partial charge on any atom is -0.480 e. The van der Waals surface area contributed by atoms with Gasteiger partial charge in [0.1, 0.15) is 11.9 Å². The Kier molecular flexibility index (Phi) is 5.57. The summed E-state index contributed by atoms with van der Waals surface area (Å²) in [5, 5.41) is 13.1. The second-order valence-corrected chi connectivity index (χ2v) is 4.55. The predicted molar refractivity (Wildman–Crippen MR) is 69.3 cm³/mol. The molecule has 0 saturated carbocycles. The molecule has 1 aromatic rings. The fourth-order valence-electron chi connectivity index (χ4n) is 1.60. The van der Waals surface area contributed by atoms with Crippen LogP contribution in [-0.2, 0) is 4.79 Å². The van der Waals surface area contributed by atoms with Crippen molar-refractivity contribution in [2.45, 2.75) is 26.3 Å². The molecule has 0 aliphatic carbocycles. The number of halogens is 3. The first-order chi connectivity index (χ1) is 9.76. The number of carboxylic acid groups (broad SMARTS) is 1. The standard InChI is InChI=1S/C13H15F3N2O3/c1-3-6(2)11(12(19)20)18-13(21)17-10-5-8(15)7(14)4-9(10)16/h4-6,11H,3H2,1-2H3,(H,19,20)(H2,17,18,21)/t6?,11-/m0/s1. The summed E-state index contributed by atoms with van der Waals surface area (Å²) >= 11 is 0. The number of hydrogen-bond donors (Lipinski definition) is 3. The Balaban J connectivity index is 2.81. The fourth-order valence-corrected chi connectivity index (χ4v) is 1.60. The Bertz CT molecular complexity index is 552. The molecular weight excluding hydrogens is 289 g/mol. The van der Waals surface area contributed by atoms with Crippen LogP contribution in [0.15, 0.2) is 12.1 Å². The highest BCUT2D eigenvalue weighted by molar-refractivity contribution is 5.92. The summed E-state index contributed by atoms with van der Waals surface area (Å²) in [6.07, 6.45) is 0.497. The average molecular weight is 304 g/mol. The molecule has 0 heterocycles. The summed E-state index contributed by atoms with van der Waals surface area (Å²) in [7, 11) is 0. The monoisotopic (exact) mass is 304 g/mol. The van der Waals surface area contributed by atoms with Crippen LogP contribution in [0.4, 0.5) is 23.7 Å². The van der Waals surface area contributed by atoms with Gasteiger partial charge in [-0.2, -0.15) is 0 Å². The molecule has 2 atom stereocenters. The van der Waals surface area contributed by atoms with E-state index >= 15 is 0 Å². The third-order valence-electron chi connectivity index (χ3n) is 3.02. The summed E-state index contributed by atoms with van der Waals surface area (Å²) in [5.41, 5.74) is -0.584. The lowest BCUT2D eigenvalue weighted by Gasteiger charge is -2.20. The fraction of sp³-hybridized carbons (Fsp3) is 0.385. The predicted octanol–water partition coefficient (Wildman–Crippen LogP) is 2.72. The van der Waals surface area contributed by atoms with Gasteiger partial charge in [0.2, 0.25) is 0 Å². The maximum Gasteiger partial charge on any atom is 0.326 e.